The summed E-state index contributed by atoms with van der Waals surface area (Å²) in [6.45, 7) is 4.27. The zero-order chi connectivity index (χ0) is 18.3. The van der Waals surface area contributed by atoms with Crippen molar-refractivity contribution in [3.63, 3.8) is 0 Å². The van der Waals surface area contributed by atoms with Gasteiger partial charge in [-0.25, -0.2) is 0 Å². The van der Waals surface area contributed by atoms with E-state index >= 15 is 0 Å². The summed E-state index contributed by atoms with van der Waals surface area (Å²) < 4.78 is 16.3. The van der Waals surface area contributed by atoms with Gasteiger partial charge in [-0.1, -0.05) is 18.2 Å². The summed E-state index contributed by atoms with van der Waals surface area (Å²) >= 11 is 0. The number of fused-ring (bicyclic) bond motifs is 1. The number of hydrogen-bond acceptors (Lipinski definition) is 5. The Morgan fingerprint density at radius 2 is 1.85 bits per heavy atom. The van der Waals surface area contributed by atoms with Crippen LogP contribution in [0.1, 0.15) is 17.5 Å². The fourth-order valence-corrected chi connectivity index (χ4v) is 3.31. The molecule has 1 fully saturated rings. The third-order valence-electron chi connectivity index (χ3n) is 4.74. The Morgan fingerprint density at radius 1 is 1.12 bits per heavy atom. The lowest BCUT2D eigenvalue weighted by atomic mass is 10.1. The van der Waals surface area contributed by atoms with Gasteiger partial charge in [0.2, 0.25) is 12.7 Å². The number of amides is 1. The van der Waals surface area contributed by atoms with Gasteiger partial charge in [-0.3, -0.25) is 9.59 Å². The van der Waals surface area contributed by atoms with Gasteiger partial charge in [0.1, 0.15) is 5.75 Å². The summed E-state index contributed by atoms with van der Waals surface area (Å²) in [5, 5.41) is 0. The average molecular weight is 353 g/mol. The van der Waals surface area contributed by atoms with Crippen LogP contribution in [0.25, 0.3) is 0 Å². The number of anilines is 1. The number of esters is 1. The normalized spacial score (nSPS) is 18.3. The fraction of sp³-hybridized carbons (Fsp3) is 0.300. The lowest BCUT2D eigenvalue weighted by molar-refractivity contribution is -0.139. The van der Waals surface area contributed by atoms with Crippen LogP contribution in [0.2, 0.25) is 0 Å². The molecule has 26 heavy (non-hydrogen) atoms. The first-order chi connectivity index (χ1) is 12.5. The van der Waals surface area contributed by atoms with E-state index in [0.29, 0.717) is 29.5 Å². The Morgan fingerprint density at radius 3 is 2.62 bits per heavy atom. The van der Waals surface area contributed by atoms with Gasteiger partial charge in [0.15, 0.2) is 11.5 Å². The van der Waals surface area contributed by atoms with E-state index in [1.807, 2.05) is 32.0 Å². The second-order valence-corrected chi connectivity index (χ2v) is 6.58. The molecule has 134 valence electrons. The monoisotopic (exact) mass is 353 g/mol. The predicted molar refractivity (Wildman–Crippen MR) is 94.6 cm³/mol. The fourth-order valence-electron chi connectivity index (χ4n) is 3.31. The number of benzene rings is 2. The number of nitrogens with zero attached hydrogens (tertiary/aromatic N) is 1. The lowest BCUT2D eigenvalue weighted by Crippen LogP contribution is -2.27. The highest BCUT2D eigenvalue weighted by Gasteiger charge is 2.37. The highest BCUT2D eigenvalue weighted by molar-refractivity contribution is 6.00. The Labute approximate surface area is 151 Å². The first-order valence-electron chi connectivity index (χ1n) is 8.51. The average Bonchev–Trinajstić information content (AvgIpc) is 3.23. The highest BCUT2D eigenvalue weighted by atomic mass is 16.7. The Kier molecular flexibility index (Phi) is 4.03. The molecule has 1 atom stereocenters. The number of carbonyl (C=O) groups is 2. The van der Waals surface area contributed by atoms with Gasteiger partial charge in [0.05, 0.1) is 5.92 Å². The van der Waals surface area contributed by atoms with Crippen molar-refractivity contribution in [2.75, 3.05) is 18.2 Å². The topological polar surface area (TPSA) is 65.1 Å². The van der Waals surface area contributed by atoms with Crippen molar-refractivity contribution in [2.45, 2.75) is 20.3 Å². The number of aryl methyl sites for hydroxylation is 2. The van der Waals surface area contributed by atoms with Gasteiger partial charge in [0.25, 0.3) is 0 Å². The molecule has 2 aliphatic heterocycles. The number of ether oxygens (including phenoxy) is 3. The van der Waals surface area contributed by atoms with Gasteiger partial charge in [0, 0.05) is 24.7 Å². The summed E-state index contributed by atoms with van der Waals surface area (Å²) in [6, 6.07) is 11.0. The van der Waals surface area contributed by atoms with Gasteiger partial charge in [-0.2, -0.15) is 0 Å². The molecule has 2 heterocycles. The van der Waals surface area contributed by atoms with Crippen LogP contribution in [-0.4, -0.2) is 25.2 Å². The molecule has 0 saturated carbocycles. The largest absolute Gasteiger partial charge is 0.454 e. The maximum Gasteiger partial charge on any atom is 0.316 e. The Hall–Kier alpha value is -3.02. The maximum atomic E-state index is 12.6. The summed E-state index contributed by atoms with van der Waals surface area (Å²) in [5.74, 6) is 0.868. The van der Waals surface area contributed by atoms with Crippen molar-refractivity contribution in [3.05, 3.63) is 47.5 Å². The van der Waals surface area contributed by atoms with E-state index in [9.17, 15) is 9.59 Å². The smallest absolute Gasteiger partial charge is 0.316 e. The van der Waals surface area contributed by atoms with E-state index in [4.69, 9.17) is 14.2 Å². The number of rotatable bonds is 3. The minimum Gasteiger partial charge on any atom is -0.454 e. The molecule has 6 heteroatoms. The van der Waals surface area contributed by atoms with Crippen molar-refractivity contribution < 1.29 is 23.8 Å². The number of carbonyl (C=O) groups excluding carboxylic acids is 2. The molecule has 6 nitrogen and oxygen atoms in total. The number of para-hydroxylation sites is 1. The third kappa shape index (κ3) is 2.87. The molecule has 0 radical (unpaired) electrons. The molecule has 1 amide bonds. The van der Waals surface area contributed by atoms with E-state index in [1.54, 1.807) is 23.1 Å². The molecular weight excluding hydrogens is 334 g/mol. The molecule has 2 aromatic carbocycles. The van der Waals surface area contributed by atoms with Crippen molar-refractivity contribution in [1.82, 2.24) is 0 Å². The van der Waals surface area contributed by atoms with E-state index in [1.165, 1.54) is 0 Å². The van der Waals surface area contributed by atoms with Crippen molar-refractivity contribution >= 4 is 17.6 Å². The first-order valence-corrected chi connectivity index (χ1v) is 8.51. The molecule has 0 unspecified atom stereocenters. The SMILES string of the molecule is Cc1cccc(C)c1OC(=O)[C@H]1CC(=O)N(c2ccc3c(c2)OCO3)C1. The van der Waals surface area contributed by atoms with E-state index < -0.39 is 5.92 Å². The minimum atomic E-state index is -0.494. The predicted octanol–water partition coefficient (Wildman–Crippen LogP) is 2.99. The number of hydrogen-bond donors (Lipinski definition) is 0. The minimum absolute atomic E-state index is 0.104. The van der Waals surface area contributed by atoms with E-state index in [-0.39, 0.29) is 25.1 Å². The van der Waals surface area contributed by atoms with Crippen molar-refractivity contribution in [2.24, 2.45) is 5.92 Å². The molecule has 2 aliphatic rings. The molecule has 0 spiro atoms. The molecule has 0 aromatic heterocycles. The van der Waals surface area contributed by atoms with Crippen molar-refractivity contribution in [3.8, 4) is 17.2 Å². The van der Waals surface area contributed by atoms with E-state index in [2.05, 4.69) is 0 Å². The molecule has 4 rings (SSSR count). The highest BCUT2D eigenvalue weighted by Crippen LogP contribution is 2.37. The third-order valence-corrected chi connectivity index (χ3v) is 4.74. The Balaban J connectivity index is 1.50. The van der Waals surface area contributed by atoms with Crippen LogP contribution in [0.3, 0.4) is 0 Å². The lowest BCUT2D eigenvalue weighted by Gasteiger charge is -2.17. The standard InChI is InChI=1S/C20H19NO5/c1-12-4-3-5-13(2)19(12)26-20(23)14-8-18(22)21(10-14)15-6-7-16-17(9-15)25-11-24-16/h3-7,9,14H,8,10-11H2,1-2H3/t14-/m0/s1. The van der Waals surface area contributed by atoms with Crippen LogP contribution >= 0.6 is 0 Å². The van der Waals surface area contributed by atoms with Crippen LogP contribution < -0.4 is 19.1 Å². The van der Waals surface area contributed by atoms with Gasteiger partial charge in [-0.05, 0) is 37.1 Å². The molecule has 0 N–H and O–H groups in total. The van der Waals surface area contributed by atoms with Crippen LogP contribution in [-0.2, 0) is 9.59 Å². The summed E-state index contributed by atoms with van der Waals surface area (Å²) in [7, 11) is 0. The van der Waals surface area contributed by atoms with Crippen LogP contribution in [0.5, 0.6) is 17.2 Å². The summed E-state index contributed by atoms with van der Waals surface area (Å²) in [6.07, 6.45) is 0.137. The van der Waals surface area contributed by atoms with Gasteiger partial charge < -0.3 is 19.1 Å². The molecule has 0 aliphatic carbocycles. The summed E-state index contributed by atoms with van der Waals surface area (Å²) in [5.41, 5.74) is 2.49. The molecule has 0 bridgehead atoms. The van der Waals surface area contributed by atoms with E-state index in [0.717, 1.165) is 11.1 Å². The zero-order valence-electron chi connectivity index (χ0n) is 14.7. The molecular formula is C20H19NO5. The van der Waals surface area contributed by atoms with Crippen LogP contribution in [0.15, 0.2) is 36.4 Å². The van der Waals surface area contributed by atoms with Crippen LogP contribution in [0, 0.1) is 19.8 Å². The summed E-state index contributed by atoms with van der Waals surface area (Å²) in [4.78, 5) is 26.6. The maximum absolute atomic E-state index is 12.6. The van der Waals surface area contributed by atoms with Gasteiger partial charge in [-0.15, -0.1) is 0 Å². The second-order valence-electron chi connectivity index (χ2n) is 6.58. The second kappa shape index (κ2) is 6.37. The first kappa shape index (κ1) is 16.4. The van der Waals surface area contributed by atoms with Gasteiger partial charge >= 0.3 is 5.97 Å². The molecule has 2 aromatic rings. The zero-order valence-corrected chi connectivity index (χ0v) is 14.7. The Bertz CT molecular complexity index is 872. The quantitative estimate of drug-likeness (QED) is 0.627. The van der Waals surface area contributed by atoms with Crippen molar-refractivity contribution in [1.29, 1.82) is 0 Å². The van der Waals surface area contributed by atoms with Crippen LogP contribution in [0.4, 0.5) is 5.69 Å². The molecule has 1 saturated heterocycles.